The highest BCUT2D eigenvalue weighted by Crippen LogP contribution is 2.12. The Morgan fingerprint density at radius 1 is 1.44 bits per heavy atom. The van der Waals surface area contributed by atoms with E-state index in [1.165, 1.54) is 0 Å². The van der Waals surface area contributed by atoms with Crippen molar-refractivity contribution in [3.8, 4) is 6.07 Å². The molecule has 0 aliphatic carbocycles. The fourth-order valence-electron chi connectivity index (χ4n) is 1.86. The monoisotopic (exact) mass is 245 g/mol. The van der Waals surface area contributed by atoms with Gasteiger partial charge in [-0.3, -0.25) is 4.79 Å². The van der Waals surface area contributed by atoms with E-state index in [2.05, 4.69) is 6.07 Å². The van der Waals surface area contributed by atoms with Gasteiger partial charge in [0.25, 0.3) is 5.91 Å². The lowest BCUT2D eigenvalue weighted by molar-refractivity contribution is 0.0766. The minimum Gasteiger partial charge on any atom is -0.338 e. The van der Waals surface area contributed by atoms with Crippen LogP contribution in [0.1, 0.15) is 29.3 Å². The summed E-state index contributed by atoms with van der Waals surface area (Å²) in [4.78, 5) is 14.0. The zero-order chi connectivity index (χ0) is 13.4. The largest absolute Gasteiger partial charge is 0.338 e. The Kier molecular flexibility index (Phi) is 5.89. The van der Waals surface area contributed by atoms with Crippen LogP contribution in [-0.2, 0) is 6.42 Å². The van der Waals surface area contributed by atoms with Crippen LogP contribution >= 0.6 is 0 Å². The molecule has 0 aliphatic rings. The third-order valence-electron chi connectivity index (χ3n) is 2.82. The summed E-state index contributed by atoms with van der Waals surface area (Å²) in [5.41, 5.74) is 7.22. The molecule has 0 unspecified atom stereocenters. The molecular weight excluding hydrogens is 226 g/mol. The quantitative estimate of drug-likeness (QED) is 0.827. The van der Waals surface area contributed by atoms with Gasteiger partial charge in [0.1, 0.15) is 0 Å². The van der Waals surface area contributed by atoms with Crippen molar-refractivity contribution in [3.05, 3.63) is 35.4 Å². The van der Waals surface area contributed by atoms with Gasteiger partial charge < -0.3 is 10.6 Å². The van der Waals surface area contributed by atoms with Crippen molar-refractivity contribution < 1.29 is 4.79 Å². The van der Waals surface area contributed by atoms with E-state index in [1.54, 1.807) is 4.90 Å². The van der Waals surface area contributed by atoms with Gasteiger partial charge in [0.05, 0.1) is 12.5 Å². The van der Waals surface area contributed by atoms with Crippen LogP contribution in [0.15, 0.2) is 24.3 Å². The van der Waals surface area contributed by atoms with Crippen molar-refractivity contribution in [2.45, 2.75) is 19.8 Å². The normalized spacial score (nSPS) is 9.83. The molecule has 0 fully saturated rings. The molecular formula is C14H19N3O. The summed E-state index contributed by atoms with van der Waals surface area (Å²) in [5, 5.41) is 8.60. The summed E-state index contributed by atoms with van der Waals surface area (Å²) in [6.45, 7) is 3.52. The van der Waals surface area contributed by atoms with Gasteiger partial charge in [0, 0.05) is 18.7 Å². The zero-order valence-corrected chi connectivity index (χ0v) is 10.7. The second-order valence-corrected chi connectivity index (χ2v) is 3.99. The highest BCUT2D eigenvalue weighted by molar-refractivity contribution is 5.95. The van der Waals surface area contributed by atoms with Crippen LogP contribution in [0.4, 0.5) is 0 Å². The highest BCUT2D eigenvalue weighted by atomic mass is 16.2. The predicted molar refractivity (Wildman–Crippen MR) is 71.0 cm³/mol. The van der Waals surface area contributed by atoms with Crippen molar-refractivity contribution in [1.29, 1.82) is 5.26 Å². The molecule has 1 aromatic rings. The Labute approximate surface area is 108 Å². The Morgan fingerprint density at radius 3 is 2.78 bits per heavy atom. The van der Waals surface area contributed by atoms with Crippen LogP contribution in [0.2, 0.25) is 0 Å². The second-order valence-electron chi connectivity index (χ2n) is 3.99. The molecule has 0 bridgehead atoms. The fourth-order valence-corrected chi connectivity index (χ4v) is 1.86. The zero-order valence-electron chi connectivity index (χ0n) is 10.7. The lowest BCUT2D eigenvalue weighted by Crippen LogP contribution is -2.32. The summed E-state index contributed by atoms with van der Waals surface area (Å²) in [6, 6.07) is 9.58. The topological polar surface area (TPSA) is 70.1 Å². The highest BCUT2D eigenvalue weighted by Gasteiger charge is 2.16. The van der Waals surface area contributed by atoms with Crippen LogP contribution in [0.3, 0.4) is 0 Å². The maximum atomic E-state index is 12.4. The number of nitrogens with two attached hydrogens (primary N) is 1. The van der Waals surface area contributed by atoms with Gasteiger partial charge in [0.2, 0.25) is 0 Å². The number of carbonyl (C=O) groups excluding carboxylic acids is 1. The van der Waals surface area contributed by atoms with Crippen LogP contribution in [0.5, 0.6) is 0 Å². The first-order valence-corrected chi connectivity index (χ1v) is 6.18. The first-order chi connectivity index (χ1) is 8.74. The van der Waals surface area contributed by atoms with Crippen LogP contribution in [0.25, 0.3) is 0 Å². The van der Waals surface area contributed by atoms with E-state index in [1.807, 2.05) is 31.2 Å². The van der Waals surface area contributed by atoms with Gasteiger partial charge in [-0.15, -0.1) is 0 Å². The van der Waals surface area contributed by atoms with Crippen LogP contribution in [0, 0.1) is 11.3 Å². The van der Waals surface area contributed by atoms with Gasteiger partial charge in [-0.25, -0.2) is 0 Å². The third-order valence-corrected chi connectivity index (χ3v) is 2.82. The molecule has 96 valence electrons. The second kappa shape index (κ2) is 7.46. The molecule has 4 nitrogen and oxygen atoms in total. The minimum atomic E-state index is -0.0169. The Morgan fingerprint density at radius 2 is 2.17 bits per heavy atom. The van der Waals surface area contributed by atoms with E-state index < -0.39 is 0 Å². The molecule has 0 radical (unpaired) electrons. The van der Waals surface area contributed by atoms with Crippen molar-refractivity contribution in [3.63, 3.8) is 0 Å². The average Bonchev–Trinajstić information content (AvgIpc) is 2.40. The smallest absolute Gasteiger partial charge is 0.254 e. The number of hydrogen-bond acceptors (Lipinski definition) is 3. The number of nitrogens with zero attached hydrogens (tertiary/aromatic N) is 2. The molecule has 0 saturated carbocycles. The van der Waals surface area contributed by atoms with Gasteiger partial charge in [0.15, 0.2) is 0 Å². The van der Waals surface area contributed by atoms with Crippen molar-refractivity contribution in [1.82, 2.24) is 4.90 Å². The van der Waals surface area contributed by atoms with Gasteiger partial charge in [-0.1, -0.05) is 18.2 Å². The van der Waals surface area contributed by atoms with Crippen molar-refractivity contribution in [2.75, 3.05) is 19.6 Å². The third kappa shape index (κ3) is 3.57. The summed E-state index contributed by atoms with van der Waals surface area (Å²) >= 11 is 0. The van der Waals surface area contributed by atoms with Crippen LogP contribution < -0.4 is 5.73 Å². The summed E-state index contributed by atoms with van der Waals surface area (Å²) in [5.74, 6) is -0.0169. The van der Waals surface area contributed by atoms with E-state index in [0.29, 0.717) is 38.0 Å². The van der Waals surface area contributed by atoms with E-state index in [0.717, 1.165) is 5.56 Å². The molecule has 0 atom stereocenters. The van der Waals surface area contributed by atoms with Gasteiger partial charge >= 0.3 is 0 Å². The molecule has 18 heavy (non-hydrogen) atoms. The molecule has 1 amide bonds. The Bertz CT molecular complexity index is 437. The minimum absolute atomic E-state index is 0.0169. The van der Waals surface area contributed by atoms with E-state index >= 15 is 0 Å². The van der Waals surface area contributed by atoms with E-state index in [-0.39, 0.29) is 5.91 Å². The number of hydrogen-bond donors (Lipinski definition) is 1. The molecule has 0 spiro atoms. The van der Waals surface area contributed by atoms with Gasteiger partial charge in [-0.05, 0) is 31.5 Å². The number of benzene rings is 1. The first kappa shape index (κ1) is 14.2. The fraction of sp³-hybridized carbons (Fsp3) is 0.429. The molecule has 0 aromatic heterocycles. The number of nitriles is 1. The molecule has 4 heteroatoms. The Balaban J connectivity index is 2.91. The van der Waals surface area contributed by atoms with E-state index in [4.69, 9.17) is 11.0 Å². The summed E-state index contributed by atoms with van der Waals surface area (Å²) in [7, 11) is 0. The van der Waals surface area contributed by atoms with Crippen molar-refractivity contribution in [2.24, 2.45) is 5.73 Å². The predicted octanol–water partition coefficient (Wildman–Crippen LogP) is 1.56. The molecule has 0 saturated heterocycles. The summed E-state index contributed by atoms with van der Waals surface area (Å²) in [6.07, 6.45) is 1.05. The SMILES string of the molecule is CCN(CCC#N)C(=O)c1ccccc1CCN. The molecule has 0 heterocycles. The summed E-state index contributed by atoms with van der Waals surface area (Å²) < 4.78 is 0. The standard InChI is InChI=1S/C14H19N3O/c1-2-17(11-5-9-15)14(18)13-7-4-3-6-12(13)8-10-16/h3-4,6-7H,2,5,8,10-11,16H2,1H3. The van der Waals surface area contributed by atoms with Crippen molar-refractivity contribution >= 4 is 5.91 Å². The average molecular weight is 245 g/mol. The number of carbonyl (C=O) groups is 1. The number of rotatable bonds is 6. The van der Waals surface area contributed by atoms with Gasteiger partial charge in [-0.2, -0.15) is 5.26 Å². The maximum absolute atomic E-state index is 12.4. The number of amides is 1. The first-order valence-electron chi connectivity index (χ1n) is 6.18. The Hall–Kier alpha value is -1.86. The molecule has 0 aliphatic heterocycles. The van der Waals surface area contributed by atoms with E-state index in [9.17, 15) is 4.79 Å². The maximum Gasteiger partial charge on any atom is 0.254 e. The molecule has 2 N–H and O–H groups in total. The lowest BCUT2D eigenvalue weighted by Gasteiger charge is -2.21. The molecule has 1 rings (SSSR count). The lowest BCUT2D eigenvalue weighted by atomic mass is 10.0. The molecule has 1 aromatic carbocycles. The van der Waals surface area contributed by atoms with Crippen LogP contribution in [-0.4, -0.2) is 30.4 Å².